The van der Waals surface area contributed by atoms with Crippen molar-refractivity contribution in [3.05, 3.63) is 60.2 Å². The van der Waals surface area contributed by atoms with Gasteiger partial charge in [-0.15, -0.1) is 0 Å². The van der Waals surface area contributed by atoms with E-state index in [2.05, 4.69) is 66.9 Å². The zero-order valence-electron chi connectivity index (χ0n) is 11.8. The Hall–Kier alpha value is -1.74. The third-order valence-electron chi connectivity index (χ3n) is 3.14. The van der Waals surface area contributed by atoms with Gasteiger partial charge >= 0.3 is 0 Å². The van der Waals surface area contributed by atoms with Crippen molar-refractivity contribution >= 4 is 22.8 Å². The molecule has 2 nitrogen and oxygen atoms in total. The maximum atomic E-state index is 4.77. The molecule has 1 aromatic heterocycles. The van der Waals surface area contributed by atoms with Crippen LogP contribution in [0.1, 0.15) is 19.4 Å². The number of hydrogen-bond acceptors (Lipinski definition) is 2. The highest BCUT2D eigenvalue weighted by atomic mass is 32.2. The molecule has 0 saturated heterocycles. The number of para-hydroxylation sites is 2. The fourth-order valence-electron chi connectivity index (χ4n) is 2.27. The number of nitrogens with zero attached hydrogens (tertiary/aromatic N) is 2. The van der Waals surface area contributed by atoms with E-state index in [0.717, 1.165) is 17.2 Å². The van der Waals surface area contributed by atoms with Crippen molar-refractivity contribution in [2.75, 3.05) is 0 Å². The molecule has 0 atom stereocenters. The number of hydrogen-bond donors (Lipinski definition) is 0. The van der Waals surface area contributed by atoms with Crippen LogP contribution in [0.15, 0.2) is 59.8 Å². The SMILES string of the molecule is CC(C)Sc1nc2ccccc2n1Cc1ccccc1. The number of imidazole rings is 1. The molecule has 0 aliphatic carbocycles. The van der Waals surface area contributed by atoms with Crippen molar-refractivity contribution in [1.82, 2.24) is 9.55 Å². The lowest BCUT2D eigenvalue weighted by Gasteiger charge is -2.10. The van der Waals surface area contributed by atoms with Gasteiger partial charge in [0.1, 0.15) is 0 Å². The molecule has 0 saturated carbocycles. The predicted octanol–water partition coefficient (Wildman–Crippen LogP) is 4.59. The molecule has 3 heteroatoms. The fraction of sp³-hybridized carbons (Fsp3) is 0.235. The van der Waals surface area contributed by atoms with Crippen LogP contribution in [0.2, 0.25) is 0 Å². The quantitative estimate of drug-likeness (QED) is 0.652. The van der Waals surface area contributed by atoms with Crippen LogP contribution < -0.4 is 0 Å². The van der Waals surface area contributed by atoms with Crippen LogP contribution in [0.3, 0.4) is 0 Å². The number of aromatic nitrogens is 2. The summed E-state index contributed by atoms with van der Waals surface area (Å²) in [5, 5.41) is 1.63. The topological polar surface area (TPSA) is 17.8 Å². The Labute approximate surface area is 123 Å². The van der Waals surface area contributed by atoms with E-state index in [9.17, 15) is 0 Å². The van der Waals surface area contributed by atoms with Crippen LogP contribution in [0.4, 0.5) is 0 Å². The standard InChI is InChI=1S/C17H18N2S/c1-13(2)20-17-18-15-10-6-7-11-16(15)19(17)12-14-8-4-3-5-9-14/h3-11,13H,12H2,1-2H3. The molecule has 0 bridgehead atoms. The monoisotopic (exact) mass is 282 g/mol. The Kier molecular flexibility index (Phi) is 3.79. The summed E-state index contributed by atoms with van der Waals surface area (Å²) in [4.78, 5) is 4.77. The second-order valence-corrected chi connectivity index (χ2v) is 6.67. The first-order valence-electron chi connectivity index (χ1n) is 6.90. The predicted molar refractivity (Wildman–Crippen MR) is 86.3 cm³/mol. The van der Waals surface area contributed by atoms with Crippen molar-refractivity contribution < 1.29 is 0 Å². The van der Waals surface area contributed by atoms with E-state index < -0.39 is 0 Å². The van der Waals surface area contributed by atoms with Gasteiger partial charge in [-0.25, -0.2) is 4.98 Å². The maximum Gasteiger partial charge on any atom is 0.169 e. The average Bonchev–Trinajstić information content (AvgIpc) is 2.77. The third-order valence-corrected chi connectivity index (χ3v) is 4.14. The summed E-state index contributed by atoms with van der Waals surface area (Å²) >= 11 is 1.82. The zero-order valence-corrected chi connectivity index (χ0v) is 12.6. The molecule has 0 fully saturated rings. The molecule has 0 aliphatic heterocycles. The van der Waals surface area contributed by atoms with Crippen LogP contribution in [0.5, 0.6) is 0 Å². The molecule has 0 amide bonds. The molecule has 3 aromatic rings. The molecular formula is C17H18N2S. The summed E-state index contributed by atoms with van der Waals surface area (Å²) in [6.07, 6.45) is 0. The summed E-state index contributed by atoms with van der Waals surface area (Å²) in [7, 11) is 0. The Morgan fingerprint density at radius 1 is 1.00 bits per heavy atom. The molecule has 0 spiro atoms. The lowest BCUT2D eigenvalue weighted by Crippen LogP contribution is -2.02. The molecule has 102 valence electrons. The smallest absolute Gasteiger partial charge is 0.169 e. The average molecular weight is 282 g/mol. The number of thioether (sulfide) groups is 1. The van der Waals surface area contributed by atoms with E-state index in [1.54, 1.807) is 0 Å². The Morgan fingerprint density at radius 3 is 2.45 bits per heavy atom. The van der Waals surface area contributed by atoms with Gasteiger partial charge in [0.05, 0.1) is 17.6 Å². The molecule has 0 radical (unpaired) electrons. The molecule has 0 unspecified atom stereocenters. The minimum absolute atomic E-state index is 0.529. The van der Waals surface area contributed by atoms with Gasteiger partial charge in [-0.3, -0.25) is 0 Å². The largest absolute Gasteiger partial charge is 0.314 e. The van der Waals surface area contributed by atoms with Gasteiger partial charge in [-0.1, -0.05) is 68.1 Å². The van der Waals surface area contributed by atoms with E-state index in [0.29, 0.717) is 5.25 Å². The first-order valence-corrected chi connectivity index (χ1v) is 7.78. The summed E-state index contributed by atoms with van der Waals surface area (Å²) in [5.41, 5.74) is 3.59. The summed E-state index contributed by atoms with van der Waals surface area (Å²) in [6, 6.07) is 18.9. The fourth-order valence-corrected chi connectivity index (χ4v) is 3.14. The first-order chi connectivity index (χ1) is 9.74. The highest BCUT2D eigenvalue weighted by molar-refractivity contribution is 7.99. The van der Waals surface area contributed by atoms with Crippen molar-refractivity contribution in [1.29, 1.82) is 0 Å². The molecule has 0 aliphatic rings. The highest BCUT2D eigenvalue weighted by Gasteiger charge is 2.12. The van der Waals surface area contributed by atoms with Gasteiger partial charge in [-0.2, -0.15) is 0 Å². The summed E-state index contributed by atoms with van der Waals surface area (Å²) in [5.74, 6) is 0. The number of rotatable bonds is 4. The molecule has 3 rings (SSSR count). The lowest BCUT2D eigenvalue weighted by atomic mass is 10.2. The minimum atomic E-state index is 0.529. The van der Waals surface area contributed by atoms with Crippen molar-refractivity contribution in [3.63, 3.8) is 0 Å². The van der Waals surface area contributed by atoms with Crippen molar-refractivity contribution in [2.45, 2.75) is 30.8 Å². The molecule has 0 N–H and O–H groups in total. The van der Waals surface area contributed by atoms with Gasteiger partial charge in [0.25, 0.3) is 0 Å². The first kappa shape index (κ1) is 13.3. The number of benzene rings is 2. The van der Waals surface area contributed by atoms with Gasteiger partial charge in [0, 0.05) is 5.25 Å². The zero-order chi connectivity index (χ0) is 13.9. The summed E-state index contributed by atoms with van der Waals surface area (Å²) < 4.78 is 2.31. The molecule has 2 aromatic carbocycles. The van der Waals surface area contributed by atoms with Gasteiger partial charge in [-0.05, 0) is 17.7 Å². The van der Waals surface area contributed by atoms with Crippen LogP contribution in [0.25, 0.3) is 11.0 Å². The Balaban J connectivity index is 2.06. The van der Waals surface area contributed by atoms with Crippen molar-refractivity contribution in [3.8, 4) is 0 Å². The maximum absolute atomic E-state index is 4.77. The van der Waals surface area contributed by atoms with E-state index in [-0.39, 0.29) is 0 Å². The van der Waals surface area contributed by atoms with Gasteiger partial charge < -0.3 is 4.57 Å². The van der Waals surface area contributed by atoms with Gasteiger partial charge in [0.15, 0.2) is 5.16 Å². The van der Waals surface area contributed by atoms with Gasteiger partial charge in [0.2, 0.25) is 0 Å². The van der Waals surface area contributed by atoms with Crippen LogP contribution in [-0.4, -0.2) is 14.8 Å². The molecule has 1 heterocycles. The van der Waals surface area contributed by atoms with Crippen LogP contribution in [0, 0.1) is 0 Å². The van der Waals surface area contributed by atoms with E-state index in [1.807, 2.05) is 17.8 Å². The van der Waals surface area contributed by atoms with Crippen LogP contribution in [-0.2, 0) is 6.54 Å². The van der Waals surface area contributed by atoms with Crippen molar-refractivity contribution in [2.24, 2.45) is 0 Å². The Morgan fingerprint density at radius 2 is 1.70 bits per heavy atom. The van der Waals surface area contributed by atoms with E-state index in [4.69, 9.17) is 4.98 Å². The van der Waals surface area contributed by atoms with Crippen LogP contribution >= 0.6 is 11.8 Å². The second kappa shape index (κ2) is 5.71. The Bertz CT molecular complexity index is 701. The lowest BCUT2D eigenvalue weighted by molar-refractivity contribution is 0.729. The van der Waals surface area contributed by atoms with E-state index in [1.165, 1.54) is 11.1 Å². The second-order valence-electron chi connectivity index (χ2n) is 5.12. The molecular weight excluding hydrogens is 264 g/mol. The van der Waals surface area contributed by atoms with E-state index >= 15 is 0 Å². The summed E-state index contributed by atoms with van der Waals surface area (Å²) in [6.45, 7) is 5.28. The third kappa shape index (κ3) is 2.73. The highest BCUT2D eigenvalue weighted by Crippen LogP contribution is 2.27. The normalized spacial score (nSPS) is 11.3. The molecule has 20 heavy (non-hydrogen) atoms. The number of fused-ring (bicyclic) bond motifs is 1. The minimum Gasteiger partial charge on any atom is -0.314 e.